The van der Waals surface area contributed by atoms with Crippen LogP contribution in [0.25, 0.3) is 0 Å². The average molecular weight is 430 g/mol. The molecule has 0 heterocycles. The molecule has 0 spiro atoms. The second kappa shape index (κ2) is 9.68. The molecule has 0 unspecified atom stereocenters. The van der Waals surface area contributed by atoms with Crippen molar-refractivity contribution in [2.24, 2.45) is 0 Å². The number of anilines is 1. The zero-order valence-electron chi connectivity index (χ0n) is 11.1. The maximum absolute atomic E-state index is 10.5. The summed E-state index contributed by atoms with van der Waals surface area (Å²) in [6, 6.07) is 6.22. The van der Waals surface area contributed by atoms with E-state index >= 15 is 0 Å². The van der Waals surface area contributed by atoms with Crippen molar-refractivity contribution in [2.45, 2.75) is 19.3 Å². The van der Waals surface area contributed by atoms with E-state index < -0.39 is 5.97 Å². The lowest BCUT2D eigenvalue weighted by Gasteiger charge is -2.23. The zero-order valence-corrected chi connectivity index (χ0v) is 14.8. The summed E-state index contributed by atoms with van der Waals surface area (Å²) in [4.78, 5) is 12.7. The van der Waals surface area contributed by atoms with Gasteiger partial charge in [0.2, 0.25) is 0 Å². The largest absolute Gasteiger partial charge is 0.481 e. The molecular formula is C14H18Cl2INO2. The Kier molecular flexibility index (Phi) is 8.64. The molecule has 0 atom stereocenters. The molecule has 0 saturated carbocycles. The summed E-state index contributed by atoms with van der Waals surface area (Å²) in [6.07, 6.45) is 1.66. The topological polar surface area (TPSA) is 40.5 Å². The number of hydrogen-bond acceptors (Lipinski definition) is 2. The van der Waals surface area contributed by atoms with Crippen molar-refractivity contribution >= 4 is 57.4 Å². The van der Waals surface area contributed by atoms with Gasteiger partial charge in [-0.2, -0.15) is 0 Å². The van der Waals surface area contributed by atoms with Crippen molar-refractivity contribution in [1.29, 1.82) is 0 Å². The molecule has 1 aromatic rings. The van der Waals surface area contributed by atoms with Gasteiger partial charge in [-0.15, -0.1) is 23.2 Å². The first-order valence-electron chi connectivity index (χ1n) is 6.45. The second-order valence-electron chi connectivity index (χ2n) is 4.39. The smallest absolute Gasteiger partial charge is 0.303 e. The molecule has 0 saturated heterocycles. The lowest BCUT2D eigenvalue weighted by atomic mass is 10.1. The van der Waals surface area contributed by atoms with Crippen molar-refractivity contribution in [3.63, 3.8) is 0 Å². The average Bonchev–Trinajstić information content (AvgIpc) is 2.40. The number of carboxylic acids is 1. The SMILES string of the molecule is O=C(O)CCCc1ccc(N(CCCl)CCCl)cc1I. The van der Waals surface area contributed by atoms with Crippen molar-refractivity contribution in [3.05, 3.63) is 27.3 Å². The maximum Gasteiger partial charge on any atom is 0.303 e. The third-order valence-electron chi connectivity index (χ3n) is 2.95. The van der Waals surface area contributed by atoms with Crippen LogP contribution in [0, 0.1) is 3.57 Å². The van der Waals surface area contributed by atoms with Crippen molar-refractivity contribution in [1.82, 2.24) is 0 Å². The van der Waals surface area contributed by atoms with Gasteiger partial charge in [0.25, 0.3) is 0 Å². The van der Waals surface area contributed by atoms with Gasteiger partial charge in [-0.25, -0.2) is 0 Å². The van der Waals surface area contributed by atoms with Crippen LogP contribution < -0.4 is 4.90 Å². The summed E-state index contributed by atoms with van der Waals surface area (Å²) < 4.78 is 1.15. The molecule has 112 valence electrons. The predicted molar refractivity (Wildman–Crippen MR) is 93.4 cm³/mol. The Morgan fingerprint density at radius 2 is 1.90 bits per heavy atom. The summed E-state index contributed by atoms with van der Waals surface area (Å²) in [5.41, 5.74) is 2.30. The highest BCUT2D eigenvalue weighted by Gasteiger charge is 2.08. The summed E-state index contributed by atoms with van der Waals surface area (Å²) in [6.45, 7) is 1.53. The molecule has 20 heavy (non-hydrogen) atoms. The van der Waals surface area contributed by atoms with Crippen LogP contribution in [0.5, 0.6) is 0 Å². The molecule has 0 fully saturated rings. The first kappa shape index (κ1) is 17.9. The molecule has 0 bridgehead atoms. The van der Waals surface area contributed by atoms with Crippen LogP contribution in [-0.4, -0.2) is 35.9 Å². The normalized spacial score (nSPS) is 10.6. The molecule has 1 rings (SSSR count). The first-order valence-corrected chi connectivity index (χ1v) is 8.60. The number of carboxylic acid groups (broad SMARTS) is 1. The van der Waals surface area contributed by atoms with Crippen molar-refractivity contribution < 1.29 is 9.90 Å². The number of alkyl halides is 2. The van der Waals surface area contributed by atoms with Gasteiger partial charge >= 0.3 is 5.97 Å². The molecule has 0 aliphatic heterocycles. The Bertz CT molecular complexity index is 437. The van der Waals surface area contributed by atoms with Gasteiger partial charge in [-0.1, -0.05) is 6.07 Å². The fourth-order valence-corrected chi connectivity index (χ4v) is 3.12. The molecular weight excluding hydrogens is 412 g/mol. The molecule has 0 amide bonds. The molecule has 3 nitrogen and oxygen atoms in total. The van der Waals surface area contributed by atoms with Crippen LogP contribution in [0.3, 0.4) is 0 Å². The van der Waals surface area contributed by atoms with E-state index in [1.54, 1.807) is 0 Å². The minimum absolute atomic E-state index is 0.211. The number of aliphatic carboxylic acids is 1. The maximum atomic E-state index is 10.5. The molecule has 1 aromatic carbocycles. The van der Waals surface area contributed by atoms with Gasteiger partial charge in [0.05, 0.1) is 0 Å². The third-order valence-corrected chi connectivity index (χ3v) is 4.29. The van der Waals surface area contributed by atoms with E-state index in [9.17, 15) is 4.79 Å². The fourth-order valence-electron chi connectivity index (χ4n) is 1.94. The van der Waals surface area contributed by atoms with Gasteiger partial charge in [0.15, 0.2) is 0 Å². The van der Waals surface area contributed by atoms with Gasteiger partial charge < -0.3 is 10.0 Å². The number of aryl methyl sites for hydroxylation is 1. The number of rotatable bonds is 9. The van der Waals surface area contributed by atoms with Gasteiger partial charge in [0, 0.05) is 40.5 Å². The monoisotopic (exact) mass is 429 g/mol. The predicted octanol–water partition coefficient (Wildman–Crippen LogP) is 3.98. The zero-order chi connectivity index (χ0) is 15.0. The number of hydrogen-bond donors (Lipinski definition) is 1. The van der Waals surface area contributed by atoms with Crippen LogP contribution in [0.15, 0.2) is 18.2 Å². The molecule has 6 heteroatoms. The van der Waals surface area contributed by atoms with Crippen LogP contribution in [0.1, 0.15) is 18.4 Å². The Labute approximate surface area is 143 Å². The summed E-state index contributed by atoms with van der Waals surface area (Å²) >= 11 is 13.9. The molecule has 0 aliphatic rings. The van der Waals surface area contributed by atoms with E-state index in [1.165, 1.54) is 5.56 Å². The van der Waals surface area contributed by atoms with Crippen LogP contribution in [-0.2, 0) is 11.2 Å². The Balaban J connectivity index is 2.72. The number of nitrogens with zero attached hydrogens (tertiary/aromatic N) is 1. The summed E-state index contributed by atoms with van der Waals surface area (Å²) in [7, 11) is 0. The van der Waals surface area contributed by atoms with E-state index in [4.69, 9.17) is 28.3 Å². The Hall–Kier alpha value is -0.200. The quantitative estimate of drug-likeness (QED) is 0.476. The second-order valence-corrected chi connectivity index (χ2v) is 6.31. The summed E-state index contributed by atoms with van der Waals surface area (Å²) in [5, 5.41) is 8.66. The van der Waals surface area contributed by atoms with E-state index in [-0.39, 0.29) is 6.42 Å². The number of halogens is 3. The fraction of sp³-hybridized carbons (Fsp3) is 0.500. The Morgan fingerprint density at radius 3 is 2.40 bits per heavy atom. The third kappa shape index (κ3) is 6.06. The highest BCUT2D eigenvalue weighted by atomic mass is 127. The van der Waals surface area contributed by atoms with E-state index in [1.807, 2.05) is 0 Å². The lowest BCUT2D eigenvalue weighted by molar-refractivity contribution is -0.137. The molecule has 1 N–H and O–H groups in total. The van der Waals surface area contributed by atoms with Crippen LogP contribution >= 0.6 is 45.8 Å². The van der Waals surface area contributed by atoms with Crippen molar-refractivity contribution in [3.8, 4) is 0 Å². The van der Waals surface area contributed by atoms with Gasteiger partial charge in [-0.05, 0) is 53.1 Å². The number of benzene rings is 1. The highest BCUT2D eigenvalue weighted by Crippen LogP contribution is 2.23. The van der Waals surface area contributed by atoms with Crippen LogP contribution in [0.4, 0.5) is 5.69 Å². The van der Waals surface area contributed by atoms with Crippen LogP contribution in [0.2, 0.25) is 0 Å². The first-order chi connectivity index (χ1) is 9.58. The standard InChI is InChI=1S/C14H18Cl2INO2/c15-6-8-18(9-7-16)12-5-4-11(13(17)10-12)2-1-3-14(19)20/h4-5,10H,1-3,6-9H2,(H,19,20). The van der Waals surface area contributed by atoms with E-state index in [0.717, 1.165) is 28.8 Å². The van der Waals surface area contributed by atoms with E-state index in [0.29, 0.717) is 18.2 Å². The minimum Gasteiger partial charge on any atom is -0.481 e. The van der Waals surface area contributed by atoms with Gasteiger partial charge in [-0.3, -0.25) is 4.79 Å². The van der Waals surface area contributed by atoms with Crippen molar-refractivity contribution in [2.75, 3.05) is 29.7 Å². The van der Waals surface area contributed by atoms with E-state index in [2.05, 4.69) is 45.7 Å². The molecule has 0 radical (unpaired) electrons. The number of carbonyl (C=O) groups is 1. The Morgan fingerprint density at radius 1 is 1.25 bits per heavy atom. The molecule has 0 aliphatic carbocycles. The summed E-state index contributed by atoms with van der Waals surface area (Å²) in [5.74, 6) is 0.383. The minimum atomic E-state index is -0.743. The highest BCUT2D eigenvalue weighted by molar-refractivity contribution is 14.1. The lowest BCUT2D eigenvalue weighted by Crippen LogP contribution is -2.27. The van der Waals surface area contributed by atoms with Gasteiger partial charge in [0.1, 0.15) is 0 Å². The molecule has 0 aromatic heterocycles.